The Kier molecular flexibility index (Phi) is 3.01. The first-order chi connectivity index (χ1) is 9.16. The molecule has 4 nitrogen and oxygen atoms in total. The molecule has 3 rings (SSSR count). The smallest absolute Gasteiger partial charge is 0.138 e. The Morgan fingerprint density at radius 1 is 1.26 bits per heavy atom. The number of aryl methyl sites for hydroxylation is 1. The van der Waals surface area contributed by atoms with Crippen molar-refractivity contribution in [2.75, 3.05) is 11.9 Å². The van der Waals surface area contributed by atoms with Crippen LogP contribution in [0.4, 0.5) is 5.69 Å². The fraction of sp³-hybridized carbons (Fsp3) is 0.467. The molecular formula is C15H20N4. The predicted octanol–water partition coefficient (Wildman–Crippen LogP) is 2.92. The Balaban J connectivity index is 1.93. The summed E-state index contributed by atoms with van der Waals surface area (Å²) in [6.07, 6.45) is 1.04. The van der Waals surface area contributed by atoms with E-state index >= 15 is 0 Å². The predicted molar refractivity (Wildman–Crippen MR) is 76.5 cm³/mol. The molecule has 0 spiro atoms. The van der Waals surface area contributed by atoms with Crippen LogP contribution in [-0.2, 0) is 6.42 Å². The van der Waals surface area contributed by atoms with Crippen molar-refractivity contribution >= 4 is 5.69 Å². The molecule has 0 fully saturated rings. The van der Waals surface area contributed by atoms with Gasteiger partial charge in [-0.05, 0) is 38.8 Å². The van der Waals surface area contributed by atoms with Gasteiger partial charge in [-0.2, -0.15) is 0 Å². The first-order valence-electron chi connectivity index (χ1n) is 6.90. The number of benzene rings is 1. The van der Waals surface area contributed by atoms with Gasteiger partial charge in [0.2, 0.25) is 0 Å². The van der Waals surface area contributed by atoms with Gasteiger partial charge in [-0.25, -0.2) is 0 Å². The Hall–Kier alpha value is -1.84. The molecular weight excluding hydrogens is 236 g/mol. The molecule has 2 heterocycles. The molecule has 0 aliphatic carbocycles. The molecule has 1 aliphatic rings. The molecule has 1 aromatic carbocycles. The molecule has 100 valence electrons. The van der Waals surface area contributed by atoms with Crippen LogP contribution < -0.4 is 5.32 Å². The van der Waals surface area contributed by atoms with Crippen LogP contribution in [-0.4, -0.2) is 21.3 Å². The first-order valence-corrected chi connectivity index (χ1v) is 6.90. The highest BCUT2D eigenvalue weighted by atomic mass is 15.3. The highest BCUT2D eigenvalue weighted by molar-refractivity contribution is 5.54. The minimum Gasteiger partial charge on any atom is -0.384 e. The van der Waals surface area contributed by atoms with Crippen LogP contribution in [0.15, 0.2) is 24.3 Å². The van der Waals surface area contributed by atoms with Crippen molar-refractivity contribution < 1.29 is 0 Å². The number of rotatable bonds is 2. The van der Waals surface area contributed by atoms with Crippen LogP contribution in [0.5, 0.6) is 0 Å². The van der Waals surface area contributed by atoms with Gasteiger partial charge in [0.05, 0.1) is 0 Å². The van der Waals surface area contributed by atoms with E-state index in [4.69, 9.17) is 0 Å². The maximum absolute atomic E-state index is 4.41. The van der Waals surface area contributed by atoms with Gasteiger partial charge in [-0.1, -0.05) is 18.2 Å². The lowest BCUT2D eigenvalue weighted by atomic mass is 9.93. The number of hydrogen-bond acceptors (Lipinski definition) is 3. The van der Waals surface area contributed by atoms with Crippen molar-refractivity contribution in [3.8, 4) is 0 Å². The third-order valence-corrected chi connectivity index (χ3v) is 3.80. The van der Waals surface area contributed by atoms with Gasteiger partial charge in [0.1, 0.15) is 11.6 Å². The molecule has 1 aliphatic heterocycles. The minimum absolute atomic E-state index is 0.401. The van der Waals surface area contributed by atoms with E-state index in [1.807, 2.05) is 6.92 Å². The Bertz CT molecular complexity index is 586. The van der Waals surface area contributed by atoms with Gasteiger partial charge in [0.15, 0.2) is 0 Å². The van der Waals surface area contributed by atoms with Crippen LogP contribution in [0.1, 0.15) is 43.0 Å². The molecule has 1 N–H and O–H groups in total. The zero-order valence-corrected chi connectivity index (χ0v) is 11.7. The standard InChI is InChI=1S/C15H20N4/c1-10(2)19-11(3)17-18-15(19)13-8-12-6-4-5-7-14(12)16-9-13/h4-7,10,13,16H,8-9H2,1-3H3. The molecule has 1 unspecified atom stereocenters. The third kappa shape index (κ3) is 2.11. The summed E-state index contributed by atoms with van der Waals surface area (Å²) in [6.45, 7) is 7.33. The van der Waals surface area contributed by atoms with E-state index in [1.54, 1.807) is 0 Å². The van der Waals surface area contributed by atoms with Gasteiger partial charge in [-0.3, -0.25) is 0 Å². The van der Waals surface area contributed by atoms with Crippen molar-refractivity contribution in [3.63, 3.8) is 0 Å². The SMILES string of the molecule is Cc1nnc(C2CNc3ccccc3C2)n1C(C)C. The molecule has 1 atom stereocenters. The van der Waals surface area contributed by atoms with Gasteiger partial charge in [0.25, 0.3) is 0 Å². The maximum atomic E-state index is 4.41. The Morgan fingerprint density at radius 3 is 2.84 bits per heavy atom. The Morgan fingerprint density at radius 2 is 2.05 bits per heavy atom. The van der Waals surface area contributed by atoms with Crippen molar-refractivity contribution in [2.45, 2.75) is 39.2 Å². The van der Waals surface area contributed by atoms with Gasteiger partial charge in [-0.15, -0.1) is 10.2 Å². The van der Waals surface area contributed by atoms with E-state index < -0.39 is 0 Å². The lowest BCUT2D eigenvalue weighted by Crippen LogP contribution is -2.25. The Labute approximate surface area is 113 Å². The monoisotopic (exact) mass is 256 g/mol. The second kappa shape index (κ2) is 4.68. The topological polar surface area (TPSA) is 42.7 Å². The second-order valence-electron chi connectivity index (χ2n) is 5.51. The van der Waals surface area contributed by atoms with Crippen molar-refractivity contribution in [1.82, 2.24) is 14.8 Å². The molecule has 1 aromatic heterocycles. The van der Waals surface area contributed by atoms with Gasteiger partial charge < -0.3 is 9.88 Å². The van der Waals surface area contributed by atoms with E-state index in [1.165, 1.54) is 11.3 Å². The van der Waals surface area contributed by atoms with Crippen LogP contribution >= 0.6 is 0 Å². The first kappa shape index (κ1) is 12.2. The normalized spacial score (nSPS) is 18.2. The summed E-state index contributed by atoms with van der Waals surface area (Å²) in [4.78, 5) is 0. The van der Waals surface area contributed by atoms with Crippen LogP contribution in [0.25, 0.3) is 0 Å². The van der Waals surface area contributed by atoms with Crippen LogP contribution in [0.3, 0.4) is 0 Å². The summed E-state index contributed by atoms with van der Waals surface area (Å²) >= 11 is 0. The molecule has 0 saturated carbocycles. The van der Waals surface area contributed by atoms with Crippen molar-refractivity contribution in [1.29, 1.82) is 0 Å². The molecule has 4 heteroatoms. The van der Waals surface area contributed by atoms with Crippen LogP contribution in [0, 0.1) is 6.92 Å². The summed E-state index contributed by atoms with van der Waals surface area (Å²) in [5.74, 6) is 2.51. The number of aromatic nitrogens is 3. The van der Waals surface area contributed by atoms with Crippen molar-refractivity contribution in [3.05, 3.63) is 41.5 Å². The van der Waals surface area contributed by atoms with E-state index in [0.717, 1.165) is 24.6 Å². The third-order valence-electron chi connectivity index (χ3n) is 3.80. The van der Waals surface area contributed by atoms with Gasteiger partial charge in [0, 0.05) is 24.2 Å². The summed E-state index contributed by atoms with van der Waals surface area (Å²) in [5, 5.41) is 12.2. The fourth-order valence-corrected chi connectivity index (χ4v) is 2.93. The summed E-state index contributed by atoms with van der Waals surface area (Å²) < 4.78 is 2.25. The summed E-state index contributed by atoms with van der Waals surface area (Å²) in [5.41, 5.74) is 2.63. The zero-order chi connectivity index (χ0) is 13.4. The maximum Gasteiger partial charge on any atom is 0.138 e. The molecule has 2 aromatic rings. The van der Waals surface area contributed by atoms with E-state index in [9.17, 15) is 0 Å². The number of nitrogens with zero attached hydrogens (tertiary/aromatic N) is 3. The summed E-state index contributed by atoms with van der Waals surface area (Å²) in [7, 11) is 0. The van der Waals surface area contributed by atoms with Gasteiger partial charge >= 0.3 is 0 Å². The van der Waals surface area contributed by atoms with Crippen LogP contribution in [0.2, 0.25) is 0 Å². The van der Waals surface area contributed by atoms with E-state index in [-0.39, 0.29) is 0 Å². The molecule has 0 saturated heterocycles. The number of nitrogens with one attached hydrogen (secondary N) is 1. The lowest BCUT2D eigenvalue weighted by Gasteiger charge is -2.26. The van der Waals surface area contributed by atoms with E-state index in [0.29, 0.717) is 12.0 Å². The molecule has 19 heavy (non-hydrogen) atoms. The number of fused-ring (bicyclic) bond motifs is 1. The number of para-hydroxylation sites is 1. The molecule has 0 amide bonds. The van der Waals surface area contributed by atoms with Crippen molar-refractivity contribution in [2.24, 2.45) is 0 Å². The zero-order valence-electron chi connectivity index (χ0n) is 11.7. The fourth-order valence-electron chi connectivity index (χ4n) is 2.93. The number of anilines is 1. The highest BCUT2D eigenvalue weighted by Crippen LogP contribution is 2.30. The molecule has 0 bridgehead atoms. The molecule has 0 radical (unpaired) electrons. The summed E-state index contributed by atoms with van der Waals surface area (Å²) in [6, 6.07) is 8.91. The average Bonchev–Trinajstić information content (AvgIpc) is 2.80. The number of hydrogen-bond donors (Lipinski definition) is 1. The average molecular weight is 256 g/mol. The lowest BCUT2D eigenvalue weighted by molar-refractivity contribution is 0.516. The second-order valence-corrected chi connectivity index (χ2v) is 5.51. The minimum atomic E-state index is 0.401. The largest absolute Gasteiger partial charge is 0.384 e. The van der Waals surface area contributed by atoms with E-state index in [2.05, 4.69) is 58.2 Å². The quantitative estimate of drug-likeness (QED) is 0.898. The highest BCUT2D eigenvalue weighted by Gasteiger charge is 2.25.